The monoisotopic (exact) mass is 1010 g/mol. The lowest BCUT2D eigenvalue weighted by Gasteiger charge is -2.46. The number of ether oxygens (including phenoxy) is 3. The maximum atomic E-state index is 16.7. The number of morpholine rings is 1. The van der Waals surface area contributed by atoms with Crippen LogP contribution < -0.4 is 25.6 Å². The molecule has 0 bridgehead atoms. The second kappa shape index (κ2) is 21.1. The van der Waals surface area contributed by atoms with E-state index >= 15 is 14.4 Å². The molecular weight excluding hydrogens is 963 g/mol. The van der Waals surface area contributed by atoms with Crippen LogP contribution in [-0.4, -0.2) is 112 Å². The van der Waals surface area contributed by atoms with Gasteiger partial charge in [-0.2, -0.15) is 0 Å². The summed E-state index contributed by atoms with van der Waals surface area (Å²) in [6, 6.07) is 32.8. The van der Waals surface area contributed by atoms with Crippen molar-refractivity contribution in [2.75, 3.05) is 55.7 Å². The van der Waals surface area contributed by atoms with Crippen LogP contribution in [0.4, 0.5) is 26.9 Å². The molecule has 75 heavy (non-hydrogen) atoms. The van der Waals surface area contributed by atoms with E-state index in [1.807, 2.05) is 70.5 Å². The number of aliphatic hydroxyl groups excluding tert-OH is 1. The Labute approximate surface area is 429 Å². The SMILES string of the molecule is NC(=O)NCC#Cc1ccc2c(c1)[C@]1(C(=O)N2C(=O)OCc2ccc([N+](=O)[O-])cc2)[C@H](c2ccc(OCCO)cc2)N2[C@H](c3ccccc3)[C@H](c3ccccc3)OC(=O)[C@H]2[C@@H]1C(=O)N1CCN(c2ncccn2)CC1. The molecule has 20 heteroatoms. The van der Waals surface area contributed by atoms with Gasteiger partial charge < -0.3 is 40.2 Å². The lowest BCUT2D eigenvalue weighted by molar-refractivity contribution is -0.384. The number of imide groups is 1. The molecule has 380 valence electrons. The number of anilines is 2. The number of piperazine rings is 1. The molecule has 4 aliphatic rings. The lowest BCUT2D eigenvalue weighted by Crippen LogP contribution is -2.59. The zero-order chi connectivity index (χ0) is 52.2. The number of rotatable bonds is 12. The number of primary amides is 1. The smallest absolute Gasteiger partial charge is 0.421 e. The number of nitro groups is 1. The molecule has 0 aliphatic carbocycles. The van der Waals surface area contributed by atoms with E-state index in [-0.39, 0.29) is 49.8 Å². The van der Waals surface area contributed by atoms with Gasteiger partial charge >= 0.3 is 18.1 Å². The molecule has 20 nitrogen and oxygen atoms in total. The molecule has 10 rings (SSSR count). The summed E-state index contributed by atoms with van der Waals surface area (Å²) in [5.74, 6) is 2.95. The van der Waals surface area contributed by atoms with Crippen LogP contribution in [0.25, 0.3) is 0 Å². The van der Waals surface area contributed by atoms with Crippen LogP contribution in [0.1, 0.15) is 51.6 Å². The molecule has 0 saturated carbocycles. The Morgan fingerprint density at radius 2 is 1.52 bits per heavy atom. The van der Waals surface area contributed by atoms with Crippen molar-refractivity contribution >= 4 is 47.2 Å². The van der Waals surface area contributed by atoms with Crippen LogP contribution in [0, 0.1) is 27.9 Å². The molecule has 6 aromatic rings. The molecule has 3 fully saturated rings. The van der Waals surface area contributed by atoms with Crippen molar-refractivity contribution in [1.82, 2.24) is 25.1 Å². The number of aliphatic hydroxyl groups is 1. The fourth-order valence-corrected chi connectivity index (χ4v) is 10.8. The van der Waals surface area contributed by atoms with E-state index in [4.69, 9.17) is 19.9 Å². The van der Waals surface area contributed by atoms with Crippen LogP contribution in [0.15, 0.2) is 146 Å². The zero-order valence-electron chi connectivity index (χ0n) is 40.1. The van der Waals surface area contributed by atoms with Crippen molar-refractivity contribution in [2.45, 2.75) is 36.3 Å². The van der Waals surface area contributed by atoms with Gasteiger partial charge in [0.1, 0.15) is 36.5 Å². The highest BCUT2D eigenvalue weighted by Gasteiger charge is 2.76. The van der Waals surface area contributed by atoms with Crippen molar-refractivity contribution in [1.29, 1.82) is 0 Å². The number of benzene rings is 5. The summed E-state index contributed by atoms with van der Waals surface area (Å²) >= 11 is 0. The van der Waals surface area contributed by atoms with Gasteiger partial charge in [-0.15, -0.1) is 0 Å². The highest BCUT2D eigenvalue weighted by atomic mass is 16.6. The van der Waals surface area contributed by atoms with Crippen molar-refractivity contribution in [3.05, 3.63) is 189 Å². The fraction of sp³-hybridized carbons (Fsp3) is 0.255. The number of fused-ring (bicyclic) bond motifs is 3. The Morgan fingerprint density at radius 3 is 2.17 bits per heavy atom. The number of aromatic nitrogens is 2. The van der Waals surface area contributed by atoms with E-state index in [2.05, 4.69) is 27.1 Å². The number of urea groups is 1. The molecule has 4 aliphatic heterocycles. The van der Waals surface area contributed by atoms with E-state index < -0.39 is 77.0 Å². The van der Waals surface area contributed by atoms with Gasteiger partial charge in [-0.1, -0.05) is 84.6 Å². The summed E-state index contributed by atoms with van der Waals surface area (Å²) in [5.41, 5.74) is 5.76. The summed E-state index contributed by atoms with van der Waals surface area (Å²) in [4.78, 5) is 101. The number of nitrogens with two attached hydrogens (primary N) is 1. The van der Waals surface area contributed by atoms with Gasteiger partial charge in [-0.3, -0.25) is 29.4 Å². The Kier molecular flexibility index (Phi) is 13.9. The molecule has 5 aromatic carbocycles. The van der Waals surface area contributed by atoms with Crippen LogP contribution in [0.2, 0.25) is 0 Å². The molecule has 4 N–H and O–H groups in total. The summed E-state index contributed by atoms with van der Waals surface area (Å²) in [6.45, 7) is 0.0973. The minimum Gasteiger partial charge on any atom is -0.491 e. The van der Waals surface area contributed by atoms with Crippen LogP contribution >= 0.6 is 0 Å². The Balaban J connectivity index is 1.21. The van der Waals surface area contributed by atoms with E-state index in [1.54, 1.807) is 59.8 Å². The summed E-state index contributed by atoms with van der Waals surface area (Å²) in [6.07, 6.45) is 1.15. The molecule has 0 unspecified atom stereocenters. The highest BCUT2D eigenvalue weighted by molar-refractivity contribution is 6.23. The van der Waals surface area contributed by atoms with Gasteiger partial charge in [0.2, 0.25) is 17.8 Å². The Hall–Kier alpha value is -9.19. The first-order valence-corrected chi connectivity index (χ1v) is 24.1. The van der Waals surface area contributed by atoms with Crippen LogP contribution in [-0.2, 0) is 35.9 Å². The zero-order valence-corrected chi connectivity index (χ0v) is 40.1. The largest absolute Gasteiger partial charge is 0.491 e. The average Bonchev–Trinajstić information content (AvgIpc) is 4.15. The maximum absolute atomic E-state index is 16.7. The summed E-state index contributed by atoms with van der Waals surface area (Å²) in [5, 5.41) is 23.5. The number of non-ortho nitro benzene ring substituents is 1. The van der Waals surface area contributed by atoms with Crippen molar-refractivity contribution in [3.63, 3.8) is 0 Å². The topological polar surface area (TPSA) is 253 Å². The number of hydrogen-bond donors (Lipinski definition) is 3. The predicted octanol–water partition coefficient (Wildman–Crippen LogP) is 5.13. The van der Waals surface area contributed by atoms with Gasteiger partial charge in [-0.25, -0.2) is 24.5 Å². The second-order valence-electron chi connectivity index (χ2n) is 18.1. The van der Waals surface area contributed by atoms with E-state index in [9.17, 15) is 24.8 Å². The third kappa shape index (κ3) is 9.30. The first-order chi connectivity index (χ1) is 36.5. The number of carbonyl (C=O) groups is 5. The number of nitrogens with one attached hydrogen (secondary N) is 1. The number of cyclic esters (lactones) is 1. The molecule has 3 saturated heterocycles. The minimum absolute atomic E-state index is 0.0105. The Bertz CT molecular complexity index is 3190. The Morgan fingerprint density at radius 1 is 0.840 bits per heavy atom. The quantitative estimate of drug-likeness (QED) is 0.0622. The molecule has 0 radical (unpaired) electrons. The van der Waals surface area contributed by atoms with Gasteiger partial charge in [0.25, 0.3) is 5.69 Å². The standard InChI is InChI=1S/C55H49N9O11/c56-52(69)57-24-7-9-35-16-23-43-42(33-35)55(51(68)62(43)54(70)74-34-36-14-19-40(20-15-36)64(71)72)44(49(66)60-27-29-61(30-28-60)53-58-25-8-26-59-53)46-50(67)75-47(38-12-5-2-6-13-38)45(37-10-3-1-4-11-37)63(46)48(55)39-17-21-41(22-18-39)73-32-31-65/h1-6,8,10-23,25-26,33,44-48,65H,24,27-32,34H2,(H3,56,57,69)/t44-,45-,46-,47+,48+,55-/m1/s1. The second-order valence-corrected chi connectivity index (χ2v) is 18.1. The number of hydrogen-bond acceptors (Lipinski definition) is 15. The van der Waals surface area contributed by atoms with Gasteiger partial charge in [-0.05, 0) is 76.3 Å². The molecule has 1 spiro atoms. The summed E-state index contributed by atoms with van der Waals surface area (Å²) < 4.78 is 18.3. The normalized spacial score (nSPS) is 21.8. The van der Waals surface area contributed by atoms with E-state index in [0.29, 0.717) is 52.6 Å². The lowest BCUT2D eigenvalue weighted by atomic mass is 9.65. The third-order valence-corrected chi connectivity index (χ3v) is 14.0. The van der Waals surface area contributed by atoms with E-state index in [1.165, 1.54) is 30.3 Å². The van der Waals surface area contributed by atoms with Gasteiger partial charge in [0, 0.05) is 56.3 Å². The molecule has 6 atom stereocenters. The number of nitro benzene ring substituents is 1. The third-order valence-electron chi connectivity index (χ3n) is 14.0. The molecule has 5 heterocycles. The first-order valence-electron chi connectivity index (χ1n) is 24.1. The molecular formula is C55H49N9O11. The number of carbonyl (C=O) groups excluding carboxylic acids is 5. The minimum atomic E-state index is -2.16. The number of amides is 5. The van der Waals surface area contributed by atoms with Crippen LogP contribution in [0.5, 0.6) is 5.75 Å². The number of nitrogens with zero attached hydrogens (tertiary/aromatic N) is 7. The fourth-order valence-electron chi connectivity index (χ4n) is 10.8. The predicted molar refractivity (Wildman–Crippen MR) is 270 cm³/mol. The number of esters is 1. The van der Waals surface area contributed by atoms with Gasteiger partial charge in [0.05, 0.1) is 41.8 Å². The highest BCUT2D eigenvalue weighted by Crippen LogP contribution is 2.66. The maximum Gasteiger partial charge on any atom is 0.421 e. The van der Waals surface area contributed by atoms with E-state index in [0.717, 1.165) is 4.90 Å². The average molecular weight is 1010 g/mol. The summed E-state index contributed by atoms with van der Waals surface area (Å²) in [7, 11) is 0. The molecule has 1 aromatic heterocycles. The van der Waals surface area contributed by atoms with Crippen molar-refractivity contribution in [2.24, 2.45) is 11.7 Å². The first kappa shape index (κ1) is 49.4. The van der Waals surface area contributed by atoms with Crippen molar-refractivity contribution in [3.8, 4) is 17.6 Å². The van der Waals surface area contributed by atoms with Crippen molar-refractivity contribution < 1.29 is 48.2 Å². The van der Waals surface area contributed by atoms with Crippen LogP contribution in [0.3, 0.4) is 0 Å². The van der Waals surface area contributed by atoms with Gasteiger partial charge in [0.15, 0.2) is 0 Å². The molecule has 5 amide bonds.